The van der Waals surface area contributed by atoms with Crippen molar-refractivity contribution in [2.75, 3.05) is 11.1 Å². The fourth-order valence-electron chi connectivity index (χ4n) is 2.24. The zero-order chi connectivity index (χ0) is 17.3. The van der Waals surface area contributed by atoms with Crippen molar-refractivity contribution < 1.29 is 13.6 Å². The number of furan rings is 1. The van der Waals surface area contributed by atoms with Crippen molar-refractivity contribution in [2.45, 2.75) is 6.92 Å². The minimum atomic E-state index is -0.514. The molecule has 0 saturated heterocycles. The number of nitrogens with one attached hydrogen (secondary N) is 1. The third kappa shape index (κ3) is 3.26. The first-order valence-corrected chi connectivity index (χ1v) is 7.54. The fraction of sp³-hybridized carbons (Fsp3) is 0.0556. The topological polar surface area (TPSA) is 68.3 Å². The number of hydrogen-bond acceptors (Lipinski definition) is 3. The van der Waals surface area contributed by atoms with Crippen LogP contribution in [0.15, 0.2) is 52.9 Å². The van der Waals surface area contributed by atoms with Crippen LogP contribution in [0.2, 0.25) is 5.02 Å². The molecular weight excluding hydrogens is 331 g/mol. The fourth-order valence-corrected chi connectivity index (χ4v) is 2.42. The minimum Gasteiger partial charge on any atom is -0.451 e. The predicted octanol–water partition coefficient (Wildman–Crippen LogP) is 4.88. The molecule has 3 rings (SSSR count). The monoisotopic (exact) mass is 344 g/mol. The van der Waals surface area contributed by atoms with E-state index in [1.54, 1.807) is 18.2 Å². The summed E-state index contributed by atoms with van der Waals surface area (Å²) in [6, 6.07) is 12.7. The zero-order valence-corrected chi connectivity index (χ0v) is 13.5. The molecule has 0 fully saturated rings. The standard InChI is InChI=1S/C18H14ClFN2O2/c1-10-2-5-15(14(21)8-10)22-18(23)17-7-6-16(24-17)11-3-4-13(20)12(19)9-11/h2-9H,21H2,1H3,(H,22,23). The molecule has 0 saturated carbocycles. The number of carbonyl (C=O) groups excluding carboxylic acids is 1. The third-order valence-corrected chi connectivity index (χ3v) is 3.78. The molecule has 0 aliphatic rings. The molecule has 3 aromatic rings. The first-order valence-electron chi connectivity index (χ1n) is 7.17. The van der Waals surface area contributed by atoms with E-state index in [-0.39, 0.29) is 10.8 Å². The maximum absolute atomic E-state index is 13.2. The highest BCUT2D eigenvalue weighted by molar-refractivity contribution is 6.31. The lowest BCUT2D eigenvalue weighted by Gasteiger charge is -2.07. The Labute approximate surface area is 143 Å². The number of hydrogen-bond donors (Lipinski definition) is 2. The normalized spacial score (nSPS) is 10.6. The van der Waals surface area contributed by atoms with Crippen LogP contribution in [-0.4, -0.2) is 5.91 Å². The predicted molar refractivity (Wildman–Crippen MR) is 92.7 cm³/mol. The smallest absolute Gasteiger partial charge is 0.291 e. The molecule has 3 N–H and O–H groups in total. The highest BCUT2D eigenvalue weighted by Crippen LogP contribution is 2.27. The van der Waals surface area contributed by atoms with E-state index >= 15 is 0 Å². The van der Waals surface area contributed by atoms with Gasteiger partial charge in [0.1, 0.15) is 11.6 Å². The molecule has 2 aromatic carbocycles. The van der Waals surface area contributed by atoms with Crippen LogP contribution in [0.25, 0.3) is 11.3 Å². The molecule has 1 heterocycles. The lowest BCUT2D eigenvalue weighted by atomic mass is 10.2. The number of amides is 1. The first-order chi connectivity index (χ1) is 11.4. The van der Waals surface area contributed by atoms with Gasteiger partial charge < -0.3 is 15.5 Å². The Kier molecular flexibility index (Phi) is 4.27. The van der Waals surface area contributed by atoms with E-state index in [2.05, 4.69) is 5.32 Å². The van der Waals surface area contributed by atoms with Gasteiger partial charge in [-0.1, -0.05) is 17.7 Å². The Morgan fingerprint density at radius 1 is 1.17 bits per heavy atom. The highest BCUT2D eigenvalue weighted by atomic mass is 35.5. The van der Waals surface area contributed by atoms with Crippen molar-refractivity contribution >= 4 is 28.9 Å². The van der Waals surface area contributed by atoms with E-state index in [9.17, 15) is 9.18 Å². The van der Waals surface area contributed by atoms with E-state index < -0.39 is 11.7 Å². The molecule has 6 heteroatoms. The maximum Gasteiger partial charge on any atom is 0.291 e. The third-order valence-electron chi connectivity index (χ3n) is 3.49. The van der Waals surface area contributed by atoms with Gasteiger partial charge >= 0.3 is 0 Å². The molecular formula is C18H14ClFN2O2. The summed E-state index contributed by atoms with van der Waals surface area (Å²) in [5.41, 5.74) is 8.44. The summed E-state index contributed by atoms with van der Waals surface area (Å²) in [4.78, 5) is 12.3. The second kappa shape index (κ2) is 6.37. The molecule has 0 aliphatic heterocycles. The van der Waals surface area contributed by atoms with Gasteiger partial charge in [-0.15, -0.1) is 0 Å². The number of aryl methyl sites for hydroxylation is 1. The van der Waals surface area contributed by atoms with E-state index in [1.165, 1.54) is 24.3 Å². The Hall–Kier alpha value is -2.79. The number of nitrogens with two attached hydrogens (primary N) is 1. The molecule has 122 valence electrons. The quantitative estimate of drug-likeness (QED) is 0.665. The van der Waals surface area contributed by atoms with Gasteiger partial charge in [0.05, 0.1) is 16.4 Å². The summed E-state index contributed by atoms with van der Waals surface area (Å²) in [5, 5.41) is 2.68. The van der Waals surface area contributed by atoms with Crippen molar-refractivity contribution in [1.82, 2.24) is 0 Å². The first kappa shape index (κ1) is 16.1. The molecule has 1 amide bonds. The number of anilines is 2. The second-order valence-electron chi connectivity index (χ2n) is 5.34. The lowest BCUT2D eigenvalue weighted by molar-refractivity contribution is 0.0997. The van der Waals surface area contributed by atoms with Crippen LogP contribution in [0, 0.1) is 12.7 Å². The van der Waals surface area contributed by atoms with Gasteiger partial charge in [0.15, 0.2) is 5.76 Å². The van der Waals surface area contributed by atoms with Crippen molar-refractivity contribution in [3.8, 4) is 11.3 Å². The van der Waals surface area contributed by atoms with E-state index in [0.29, 0.717) is 22.7 Å². The lowest BCUT2D eigenvalue weighted by Crippen LogP contribution is -2.12. The van der Waals surface area contributed by atoms with Gasteiger partial charge in [0.2, 0.25) is 0 Å². The number of rotatable bonds is 3. The molecule has 0 bridgehead atoms. The van der Waals surface area contributed by atoms with Crippen LogP contribution >= 0.6 is 11.6 Å². The molecule has 4 nitrogen and oxygen atoms in total. The van der Waals surface area contributed by atoms with E-state index in [0.717, 1.165) is 5.56 Å². The zero-order valence-electron chi connectivity index (χ0n) is 12.8. The van der Waals surface area contributed by atoms with Gasteiger partial charge in [-0.05, 0) is 55.0 Å². The van der Waals surface area contributed by atoms with E-state index in [4.69, 9.17) is 21.8 Å². The molecule has 0 spiro atoms. The Bertz CT molecular complexity index is 921. The van der Waals surface area contributed by atoms with Crippen LogP contribution < -0.4 is 11.1 Å². The molecule has 1 aromatic heterocycles. The van der Waals surface area contributed by atoms with Crippen LogP contribution in [-0.2, 0) is 0 Å². The van der Waals surface area contributed by atoms with Crippen LogP contribution in [0.3, 0.4) is 0 Å². The summed E-state index contributed by atoms with van der Waals surface area (Å²) in [6.07, 6.45) is 0. The highest BCUT2D eigenvalue weighted by Gasteiger charge is 2.14. The summed E-state index contributed by atoms with van der Waals surface area (Å²) >= 11 is 5.76. The summed E-state index contributed by atoms with van der Waals surface area (Å²) < 4.78 is 18.7. The second-order valence-corrected chi connectivity index (χ2v) is 5.74. The SMILES string of the molecule is Cc1ccc(NC(=O)c2ccc(-c3ccc(F)c(Cl)c3)o2)c(N)c1. The molecule has 0 atom stereocenters. The van der Waals surface area contributed by atoms with E-state index in [1.807, 2.05) is 13.0 Å². The number of benzene rings is 2. The van der Waals surface area contributed by atoms with Crippen molar-refractivity contribution in [3.63, 3.8) is 0 Å². The Morgan fingerprint density at radius 2 is 1.96 bits per heavy atom. The van der Waals surface area contributed by atoms with Crippen molar-refractivity contribution in [3.05, 3.63) is 70.7 Å². The Morgan fingerprint density at radius 3 is 2.67 bits per heavy atom. The van der Waals surface area contributed by atoms with Gasteiger partial charge in [-0.2, -0.15) is 0 Å². The van der Waals surface area contributed by atoms with Gasteiger partial charge in [0.25, 0.3) is 5.91 Å². The number of halogens is 2. The van der Waals surface area contributed by atoms with Gasteiger partial charge in [0, 0.05) is 5.56 Å². The van der Waals surface area contributed by atoms with Crippen molar-refractivity contribution in [1.29, 1.82) is 0 Å². The van der Waals surface area contributed by atoms with Gasteiger partial charge in [-0.25, -0.2) is 4.39 Å². The molecule has 0 radical (unpaired) electrons. The number of carbonyl (C=O) groups is 1. The summed E-state index contributed by atoms with van der Waals surface area (Å²) in [7, 11) is 0. The summed E-state index contributed by atoms with van der Waals surface area (Å²) in [5.74, 6) is -0.408. The average Bonchev–Trinajstić information content (AvgIpc) is 3.03. The van der Waals surface area contributed by atoms with Crippen LogP contribution in [0.4, 0.5) is 15.8 Å². The van der Waals surface area contributed by atoms with Gasteiger partial charge in [-0.3, -0.25) is 4.79 Å². The molecule has 0 unspecified atom stereocenters. The van der Waals surface area contributed by atoms with Crippen LogP contribution in [0.1, 0.15) is 16.1 Å². The van der Waals surface area contributed by atoms with Crippen LogP contribution in [0.5, 0.6) is 0 Å². The average molecular weight is 345 g/mol. The largest absolute Gasteiger partial charge is 0.451 e. The summed E-state index contributed by atoms with van der Waals surface area (Å²) in [6.45, 7) is 1.91. The molecule has 24 heavy (non-hydrogen) atoms. The maximum atomic E-state index is 13.2. The van der Waals surface area contributed by atoms with Crippen molar-refractivity contribution in [2.24, 2.45) is 0 Å². The number of nitrogen functional groups attached to an aromatic ring is 1. The minimum absolute atomic E-state index is 0.0117. The Balaban J connectivity index is 1.82. The molecule has 0 aliphatic carbocycles.